The summed E-state index contributed by atoms with van der Waals surface area (Å²) in [5, 5.41) is 4.95. The van der Waals surface area contributed by atoms with E-state index in [-0.39, 0.29) is 5.91 Å². The molecule has 0 saturated carbocycles. The molecule has 3 rings (SSSR count). The Morgan fingerprint density at radius 3 is 2.43 bits per heavy atom. The summed E-state index contributed by atoms with van der Waals surface area (Å²) in [6.07, 6.45) is 1.61. The van der Waals surface area contributed by atoms with Crippen molar-refractivity contribution >= 4 is 54.2 Å². The lowest BCUT2D eigenvalue weighted by atomic mass is 10.1. The highest BCUT2D eigenvalue weighted by atomic mass is 79.9. The molecule has 0 fully saturated rings. The monoisotopic (exact) mass is 404 g/mol. The van der Waals surface area contributed by atoms with Gasteiger partial charge in [0.1, 0.15) is 5.69 Å². The third kappa shape index (κ3) is 2.99. The van der Waals surface area contributed by atoms with Gasteiger partial charge in [-0.15, -0.1) is 0 Å². The second-order valence-electron chi connectivity index (χ2n) is 4.46. The molecule has 3 aromatic rings. The number of fused-ring (bicyclic) bond motifs is 1. The third-order valence-corrected chi connectivity index (χ3v) is 4.24. The van der Waals surface area contributed by atoms with Crippen LogP contribution in [0.5, 0.6) is 0 Å². The Morgan fingerprint density at radius 1 is 0.952 bits per heavy atom. The van der Waals surface area contributed by atoms with Crippen LogP contribution in [0, 0.1) is 0 Å². The summed E-state index contributed by atoms with van der Waals surface area (Å²) in [4.78, 5) is 16.4. The van der Waals surface area contributed by atoms with Crippen LogP contribution in [0.15, 0.2) is 63.7 Å². The number of rotatable bonds is 2. The highest BCUT2D eigenvalue weighted by Crippen LogP contribution is 2.30. The first-order valence-electron chi connectivity index (χ1n) is 6.25. The summed E-state index contributed by atoms with van der Waals surface area (Å²) in [5.41, 5.74) is 1.15. The first-order valence-corrected chi connectivity index (χ1v) is 7.84. The summed E-state index contributed by atoms with van der Waals surface area (Å²) in [6.45, 7) is 0. The van der Waals surface area contributed by atoms with E-state index in [1.807, 2.05) is 36.4 Å². The van der Waals surface area contributed by atoms with Gasteiger partial charge in [0, 0.05) is 26.2 Å². The minimum Gasteiger partial charge on any atom is -0.320 e. The number of carbonyl (C=O) groups excluding carboxylic acids is 1. The normalized spacial score (nSPS) is 10.6. The number of nitrogens with zero attached hydrogens (tertiary/aromatic N) is 1. The van der Waals surface area contributed by atoms with E-state index < -0.39 is 0 Å². The van der Waals surface area contributed by atoms with E-state index in [2.05, 4.69) is 42.2 Å². The minimum absolute atomic E-state index is 0.227. The summed E-state index contributed by atoms with van der Waals surface area (Å²) in [5.74, 6) is -0.227. The summed E-state index contributed by atoms with van der Waals surface area (Å²) in [6, 6.07) is 15.2. The topological polar surface area (TPSA) is 42.0 Å². The molecule has 5 heteroatoms. The summed E-state index contributed by atoms with van der Waals surface area (Å²) >= 11 is 6.82. The Bertz CT molecular complexity index is 816. The Kier molecular flexibility index (Phi) is 4.03. The van der Waals surface area contributed by atoms with Gasteiger partial charge in [0.2, 0.25) is 0 Å². The van der Waals surface area contributed by atoms with Gasteiger partial charge in [-0.2, -0.15) is 0 Å². The molecule has 0 spiro atoms. The number of hydrogen-bond acceptors (Lipinski definition) is 2. The molecule has 1 heterocycles. The van der Waals surface area contributed by atoms with Crippen molar-refractivity contribution in [2.45, 2.75) is 0 Å². The smallest absolute Gasteiger partial charge is 0.274 e. The van der Waals surface area contributed by atoms with Gasteiger partial charge in [0.05, 0.1) is 0 Å². The Morgan fingerprint density at radius 2 is 1.71 bits per heavy atom. The Labute approximate surface area is 138 Å². The summed E-state index contributed by atoms with van der Waals surface area (Å²) < 4.78 is 1.84. The molecule has 104 valence electrons. The van der Waals surface area contributed by atoms with E-state index in [9.17, 15) is 4.79 Å². The van der Waals surface area contributed by atoms with Crippen LogP contribution in [0.25, 0.3) is 10.8 Å². The number of hydrogen-bond donors (Lipinski definition) is 1. The van der Waals surface area contributed by atoms with Crippen LogP contribution in [0.2, 0.25) is 0 Å². The van der Waals surface area contributed by atoms with Crippen molar-refractivity contribution in [3.63, 3.8) is 0 Å². The highest BCUT2D eigenvalue weighted by Gasteiger charge is 2.10. The SMILES string of the molecule is O=C(Nc1ccc(Br)c2ccccc12)c1ccc(Br)cn1. The highest BCUT2D eigenvalue weighted by molar-refractivity contribution is 9.11. The average molecular weight is 406 g/mol. The Balaban J connectivity index is 1.97. The van der Waals surface area contributed by atoms with Crippen molar-refractivity contribution in [1.29, 1.82) is 0 Å². The largest absolute Gasteiger partial charge is 0.320 e. The maximum atomic E-state index is 12.3. The zero-order valence-electron chi connectivity index (χ0n) is 10.8. The molecule has 0 aliphatic carbocycles. The van der Waals surface area contributed by atoms with Crippen LogP contribution in [-0.2, 0) is 0 Å². The van der Waals surface area contributed by atoms with Crippen molar-refractivity contribution < 1.29 is 4.79 Å². The van der Waals surface area contributed by atoms with Crippen LogP contribution in [0.1, 0.15) is 10.5 Å². The molecule has 21 heavy (non-hydrogen) atoms. The van der Waals surface area contributed by atoms with Crippen LogP contribution in [0.3, 0.4) is 0 Å². The van der Waals surface area contributed by atoms with Gasteiger partial charge in [0.15, 0.2) is 0 Å². The predicted octanol–water partition coefficient (Wildman–Crippen LogP) is 5.01. The van der Waals surface area contributed by atoms with Crippen LogP contribution >= 0.6 is 31.9 Å². The van der Waals surface area contributed by atoms with Crippen LogP contribution in [-0.4, -0.2) is 10.9 Å². The molecule has 2 aromatic carbocycles. The Hall–Kier alpha value is -1.72. The number of benzene rings is 2. The molecule has 0 bridgehead atoms. The van der Waals surface area contributed by atoms with E-state index in [1.165, 1.54) is 0 Å². The number of pyridine rings is 1. The number of carbonyl (C=O) groups is 1. The molecule has 0 aliphatic heterocycles. The van der Waals surface area contributed by atoms with Crippen LogP contribution in [0.4, 0.5) is 5.69 Å². The molecule has 1 N–H and O–H groups in total. The molecule has 1 aromatic heterocycles. The first-order chi connectivity index (χ1) is 10.1. The van der Waals surface area contributed by atoms with Crippen molar-refractivity contribution in [2.75, 3.05) is 5.32 Å². The van der Waals surface area contributed by atoms with Gasteiger partial charge in [-0.1, -0.05) is 40.2 Å². The van der Waals surface area contributed by atoms with Gasteiger partial charge >= 0.3 is 0 Å². The fraction of sp³-hybridized carbons (Fsp3) is 0. The zero-order valence-corrected chi connectivity index (χ0v) is 14.0. The number of aromatic nitrogens is 1. The van der Waals surface area contributed by atoms with E-state index in [0.717, 1.165) is 25.4 Å². The third-order valence-electron chi connectivity index (χ3n) is 3.08. The average Bonchev–Trinajstić information content (AvgIpc) is 2.51. The quantitative estimate of drug-likeness (QED) is 0.650. The number of nitrogens with one attached hydrogen (secondary N) is 1. The molecule has 0 saturated heterocycles. The second kappa shape index (κ2) is 5.95. The maximum Gasteiger partial charge on any atom is 0.274 e. The molecular formula is C16H10Br2N2O. The number of halogens is 2. The molecule has 3 nitrogen and oxygen atoms in total. The van der Waals surface area contributed by atoms with Crippen molar-refractivity contribution in [2.24, 2.45) is 0 Å². The number of amides is 1. The van der Waals surface area contributed by atoms with E-state index in [1.54, 1.807) is 18.3 Å². The molecular weight excluding hydrogens is 396 g/mol. The van der Waals surface area contributed by atoms with E-state index >= 15 is 0 Å². The second-order valence-corrected chi connectivity index (χ2v) is 6.23. The fourth-order valence-electron chi connectivity index (χ4n) is 2.07. The van der Waals surface area contributed by atoms with Crippen molar-refractivity contribution in [1.82, 2.24) is 4.98 Å². The van der Waals surface area contributed by atoms with Gasteiger partial charge in [-0.05, 0) is 45.6 Å². The lowest BCUT2D eigenvalue weighted by molar-refractivity contribution is 0.102. The molecule has 1 amide bonds. The lowest BCUT2D eigenvalue weighted by Crippen LogP contribution is -2.13. The molecule has 0 atom stereocenters. The zero-order chi connectivity index (χ0) is 14.8. The predicted molar refractivity (Wildman–Crippen MR) is 91.5 cm³/mol. The van der Waals surface area contributed by atoms with E-state index in [4.69, 9.17) is 0 Å². The van der Waals surface area contributed by atoms with Gasteiger partial charge in [0.25, 0.3) is 5.91 Å². The summed E-state index contributed by atoms with van der Waals surface area (Å²) in [7, 11) is 0. The van der Waals surface area contributed by atoms with Crippen molar-refractivity contribution in [3.8, 4) is 0 Å². The standard InChI is InChI=1S/C16H10Br2N2O/c17-10-5-7-15(19-9-10)16(21)20-14-8-6-13(18)11-3-1-2-4-12(11)14/h1-9H,(H,20,21). The van der Waals surface area contributed by atoms with Crippen LogP contribution < -0.4 is 5.32 Å². The molecule has 0 unspecified atom stereocenters. The fourth-order valence-corrected chi connectivity index (χ4v) is 2.78. The van der Waals surface area contributed by atoms with E-state index in [0.29, 0.717) is 5.69 Å². The number of anilines is 1. The lowest BCUT2D eigenvalue weighted by Gasteiger charge is -2.09. The van der Waals surface area contributed by atoms with Gasteiger partial charge in [-0.25, -0.2) is 4.98 Å². The van der Waals surface area contributed by atoms with Crippen molar-refractivity contribution in [3.05, 3.63) is 69.4 Å². The van der Waals surface area contributed by atoms with Gasteiger partial charge < -0.3 is 5.32 Å². The molecule has 0 radical (unpaired) electrons. The first kappa shape index (κ1) is 14.2. The molecule has 0 aliphatic rings. The van der Waals surface area contributed by atoms with Gasteiger partial charge in [-0.3, -0.25) is 4.79 Å². The minimum atomic E-state index is -0.227. The maximum absolute atomic E-state index is 12.3.